The summed E-state index contributed by atoms with van der Waals surface area (Å²) in [5.74, 6) is 2.09. The number of piperidine rings is 3. The van der Waals surface area contributed by atoms with Gasteiger partial charge in [0.25, 0.3) is 0 Å². The van der Waals surface area contributed by atoms with Crippen LogP contribution in [0.15, 0.2) is 0 Å². The Labute approximate surface area is 185 Å². The van der Waals surface area contributed by atoms with E-state index >= 15 is 0 Å². The number of anilines is 3. The van der Waals surface area contributed by atoms with E-state index in [0.29, 0.717) is 44.1 Å². The normalized spacial score (nSPS) is 32.4. The second-order valence-corrected chi connectivity index (χ2v) is 9.69. The lowest BCUT2D eigenvalue weighted by molar-refractivity contribution is 0.423. The van der Waals surface area contributed by atoms with E-state index in [9.17, 15) is 0 Å². The molecular weight excluding hydrogens is 392 g/mol. The van der Waals surface area contributed by atoms with Gasteiger partial charge >= 0.3 is 0 Å². The van der Waals surface area contributed by atoms with Crippen molar-refractivity contribution in [3.63, 3.8) is 0 Å². The summed E-state index contributed by atoms with van der Waals surface area (Å²) in [5, 5.41) is 0. The molecule has 10 nitrogen and oxygen atoms in total. The lowest BCUT2D eigenvalue weighted by atomic mass is 9.99. The van der Waals surface area contributed by atoms with Gasteiger partial charge < -0.3 is 37.6 Å². The lowest BCUT2D eigenvalue weighted by Crippen LogP contribution is -2.54. The first-order valence-corrected chi connectivity index (χ1v) is 12.0. The van der Waals surface area contributed by atoms with Crippen LogP contribution in [0, 0.1) is 0 Å². The van der Waals surface area contributed by atoms with Crippen molar-refractivity contribution in [1.29, 1.82) is 0 Å². The Hall–Kier alpha value is -1.75. The van der Waals surface area contributed by atoms with Crippen LogP contribution >= 0.6 is 0 Å². The highest BCUT2D eigenvalue weighted by Crippen LogP contribution is 2.29. The predicted molar refractivity (Wildman–Crippen MR) is 125 cm³/mol. The van der Waals surface area contributed by atoms with Gasteiger partial charge in [-0.1, -0.05) is 13.3 Å². The molecule has 31 heavy (non-hydrogen) atoms. The monoisotopic (exact) mass is 432 g/mol. The van der Waals surface area contributed by atoms with Gasteiger partial charge in [0.15, 0.2) is 0 Å². The van der Waals surface area contributed by atoms with Crippen LogP contribution < -0.4 is 37.6 Å². The summed E-state index contributed by atoms with van der Waals surface area (Å²) < 4.78 is 0. The molecule has 0 amide bonds. The highest BCUT2D eigenvalue weighted by Gasteiger charge is 2.31. The fourth-order valence-electron chi connectivity index (χ4n) is 5.34. The van der Waals surface area contributed by atoms with Crippen molar-refractivity contribution in [1.82, 2.24) is 15.0 Å². The van der Waals surface area contributed by atoms with E-state index in [-0.39, 0.29) is 24.2 Å². The molecule has 1 aromatic heterocycles. The average Bonchev–Trinajstić information content (AvgIpc) is 2.73. The summed E-state index contributed by atoms with van der Waals surface area (Å²) in [4.78, 5) is 21.4. The fraction of sp³-hybridized carbons (Fsp3) is 0.857. The maximum Gasteiger partial charge on any atom is 0.232 e. The maximum absolute atomic E-state index is 6.27. The number of rotatable bonds is 5. The highest BCUT2D eigenvalue weighted by atomic mass is 15.4. The van der Waals surface area contributed by atoms with E-state index in [1.54, 1.807) is 0 Å². The van der Waals surface area contributed by atoms with Crippen LogP contribution in [0.3, 0.4) is 0 Å². The molecule has 10 heteroatoms. The molecule has 8 N–H and O–H groups in total. The lowest BCUT2D eigenvalue weighted by Gasteiger charge is -2.39. The van der Waals surface area contributed by atoms with Gasteiger partial charge in [0.05, 0.1) is 0 Å². The van der Waals surface area contributed by atoms with Crippen LogP contribution in [0.1, 0.15) is 51.9 Å². The topological polar surface area (TPSA) is 152 Å². The SMILES string of the molecule is CCCC1CCCCN1c1nc(N2CC(N)CC(N)C2)nc(N2CC(N)CC(N)C2)n1. The summed E-state index contributed by atoms with van der Waals surface area (Å²) in [5.41, 5.74) is 25.1. The molecule has 3 aliphatic heterocycles. The van der Waals surface area contributed by atoms with Crippen LogP contribution in [-0.2, 0) is 0 Å². The molecule has 5 unspecified atom stereocenters. The van der Waals surface area contributed by atoms with Crippen molar-refractivity contribution in [3.8, 4) is 0 Å². The third kappa shape index (κ3) is 5.36. The third-order valence-corrected chi connectivity index (χ3v) is 6.70. The molecule has 174 valence electrons. The quantitative estimate of drug-likeness (QED) is 0.490. The molecule has 5 atom stereocenters. The van der Waals surface area contributed by atoms with Crippen molar-refractivity contribution in [2.75, 3.05) is 47.4 Å². The van der Waals surface area contributed by atoms with Crippen molar-refractivity contribution < 1.29 is 0 Å². The Morgan fingerprint density at radius 3 is 1.71 bits per heavy atom. The minimum atomic E-state index is 0.0204. The number of nitrogens with zero attached hydrogens (tertiary/aromatic N) is 6. The van der Waals surface area contributed by atoms with Crippen LogP contribution in [0.2, 0.25) is 0 Å². The smallest absolute Gasteiger partial charge is 0.232 e. The molecule has 0 bridgehead atoms. The molecule has 3 fully saturated rings. The van der Waals surface area contributed by atoms with Gasteiger partial charge in [-0.25, -0.2) is 0 Å². The maximum atomic E-state index is 6.27. The van der Waals surface area contributed by atoms with Gasteiger partial charge in [0.2, 0.25) is 17.8 Å². The Morgan fingerprint density at radius 2 is 1.23 bits per heavy atom. The van der Waals surface area contributed by atoms with E-state index in [0.717, 1.165) is 44.6 Å². The number of aromatic nitrogens is 3. The minimum Gasteiger partial charge on any atom is -0.338 e. The van der Waals surface area contributed by atoms with Crippen LogP contribution in [0.4, 0.5) is 17.8 Å². The molecule has 0 spiro atoms. The Bertz CT molecular complexity index is 664. The molecule has 1 aromatic rings. The number of hydrogen-bond acceptors (Lipinski definition) is 10. The van der Waals surface area contributed by atoms with Crippen LogP contribution in [-0.4, -0.2) is 77.9 Å². The van der Waals surface area contributed by atoms with Gasteiger partial charge in [-0.15, -0.1) is 0 Å². The zero-order valence-electron chi connectivity index (χ0n) is 18.9. The van der Waals surface area contributed by atoms with Gasteiger partial charge in [-0.3, -0.25) is 0 Å². The van der Waals surface area contributed by atoms with Gasteiger partial charge in [0.1, 0.15) is 0 Å². The van der Waals surface area contributed by atoms with Crippen molar-refractivity contribution in [3.05, 3.63) is 0 Å². The van der Waals surface area contributed by atoms with Crippen molar-refractivity contribution >= 4 is 17.8 Å². The molecule has 0 aromatic carbocycles. The largest absolute Gasteiger partial charge is 0.338 e. The van der Waals surface area contributed by atoms with E-state index in [1.165, 1.54) is 12.8 Å². The number of nitrogens with two attached hydrogens (primary N) is 4. The Morgan fingerprint density at radius 1 is 0.742 bits per heavy atom. The summed E-state index contributed by atoms with van der Waals surface area (Å²) in [6.07, 6.45) is 7.55. The molecule has 4 rings (SSSR count). The second kappa shape index (κ2) is 9.81. The predicted octanol–water partition coefficient (Wildman–Crippen LogP) is -0.240. The highest BCUT2D eigenvalue weighted by molar-refractivity contribution is 5.48. The van der Waals surface area contributed by atoms with Gasteiger partial charge in [0, 0.05) is 62.9 Å². The van der Waals surface area contributed by atoms with Gasteiger partial charge in [-0.2, -0.15) is 15.0 Å². The second-order valence-electron chi connectivity index (χ2n) is 9.69. The van der Waals surface area contributed by atoms with E-state index in [2.05, 4.69) is 21.6 Å². The first-order valence-electron chi connectivity index (χ1n) is 12.0. The molecule has 3 saturated heterocycles. The van der Waals surface area contributed by atoms with E-state index in [1.807, 2.05) is 0 Å². The first kappa shape index (κ1) is 22.4. The van der Waals surface area contributed by atoms with E-state index < -0.39 is 0 Å². The molecular formula is C21H40N10. The van der Waals surface area contributed by atoms with Gasteiger partial charge in [-0.05, 0) is 38.5 Å². The molecule has 0 saturated carbocycles. The Kier molecular flexibility index (Phi) is 7.10. The van der Waals surface area contributed by atoms with Crippen LogP contribution in [0.5, 0.6) is 0 Å². The van der Waals surface area contributed by atoms with Crippen LogP contribution in [0.25, 0.3) is 0 Å². The fourth-order valence-corrected chi connectivity index (χ4v) is 5.34. The molecule has 3 aliphatic rings. The third-order valence-electron chi connectivity index (χ3n) is 6.70. The summed E-state index contributed by atoms with van der Waals surface area (Å²) >= 11 is 0. The summed E-state index contributed by atoms with van der Waals surface area (Å²) in [7, 11) is 0. The minimum absolute atomic E-state index is 0.0204. The summed E-state index contributed by atoms with van der Waals surface area (Å²) in [6, 6.07) is 0.553. The first-order chi connectivity index (χ1) is 14.9. The average molecular weight is 433 g/mol. The van der Waals surface area contributed by atoms with Crippen molar-refractivity contribution in [2.24, 2.45) is 22.9 Å². The summed E-state index contributed by atoms with van der Waals surface area (Å²) in [6.45, 7) is 6.03. The zero-order valence-corrected chi connectivity index (χ0v) is 18.9. The standard InChI is InChI=1S/C21H40N10/c1-2-5-18-6-3-4-7-31(18)21-27-19(29-10-14(22)8-15(23)11-29)26-20(28-21)30-12-16(24)9-17(25)13-30/h14-18H,2-13,22-25H2,1H3. The Balaban J connectivity index is 1.69. The van der Waals surface area contributed by atoms with Crippen molar-refractivity contribution in [2.45, 2.75) is 82.1 Å². The number of hydrogen-bond donors (Lipinski definition) is 4. The van der Waals surface area contributed by atoms with E-state index in [4.69, 9.17) is 37.9 Å². The zero-order chi connectivity index (χ0) is 22.0. The molecule has 4 heterocycles. The molecule has 0 aliphatic carbocycles. The molecule has 0 radical (unpaired) electrons.